The fraction of sp³-hybridized carbons (Fsp3) is 0.143. The molecule has 0 heterocycles. The molecule has 0 aliphatic rings. The molecule has 2 rings (SSSR count). The topological polar surface area (TPSA) is 89.3 Å². The van der Waals surface area contributed by atoms with Crippen molar-refractivity contribution >= 4 is 33.0 Å². The van der Waals surface area contributed by atoms with Crippen LogP contribution in [-0.4, -0.2) is 13.3 Å². The molecule has 134 valence electrons. The van der Waals surface area contributed by atoms with Crippen LogP contribution in [0.25, 0.3) is 0 Å². The van der Waals surface area contributed by atoms with E-state index in [2.05, 4.69) is 0 Å². The van der Waals surface area contributed by atoms with Crippen molar-refractivity contribution in [2.45, 2.75) is 18.0 Å². The summed E-state index contributed by atoms with van der Waals surface area (Å²) in [4.78, 5) is 9.41. The molecule has 0 atom stereocenters. The van der Waals surface area contributed by atoms with Crippen molar-refractivity contribution in [2.24, 2.45) is 0 Å². The average molecular weight is 395 g/mol. The van der Waals surface area contributed by atoms with Gasteiger partial charge in [0, 0.05) is 6.07 Å². The number of alkyl halides is 3. The van der Waals surface area contributed by atoms with Crippen LogP contribution < -0.4 is 4.72 Å². The molecule has 0 aliphatic carbocycles. The normalized spacial score (nSPS) is 12.0. The maximum Gasteiger partial charge on any atom is 0.416 e. The Kier molecular flexibility index (Phi) is 4.96. The first-order valence-electron chi connectivity index (χ1n) is 6.57. The van der Waals surface area contributed by atoms with Gasteiger partial charge in [0.15, 0.2) is 0 Å². The molecule has 0 amide bonds. The Morgan fingerprint density at radius 1 is 1.20 bits per heavy atom. The summed E-state index contributed by atoms with van der Waals surface area (Å²) < 4.78 is 65.2. The first kappa shape index (κ1) is 19.0. The lowest BCUT2D eigenvalue weighted by Crippen LogP contribution is -2.16. The van der Waals surface area contributed by atoms with E-state index in [1.54, 1.807) is 0 Å². The van der Waals surface area contributed by atoms with E-state index in [1.165, 1.54) is 25.1 Å². The molecule has 0 spiro atoms. The predicted molar refractivity (Wildman–Crippen MR) is 85.1 cm³/mol. The lowest BCUT2D eigenvalue weighted by atomic mass is 10.2. The third-order valence-electron chi connectivity index (χ3n) is 3.29. The second-order valence-electron chi connectivity index (χ2n) is 4.96. The molecule has 0 radical (unpaired) electrons. The molecule has 0 unspecified atom stereocenters. The number of halogens is 4. The zero-order valence-corrected chi connectivity index (χ0v) is 14.0. The fourth-order valence-electron chi connectivity index (χ4n) is 2.02. The van der Waals surface area contributed by atoms with Crippen molar-refractivity contribution < 1.29 is 26.5 Å². The Morgan fingerprint density at radius 2 is 1.84 bits per heavy atom. The van der Waals surface area contributed by atoms with E-state index in [0.717, 1.165) is 6.07 Å². The van der Waals surface area contributed by atoms with Gasteiger partial charge in [-0.25, -0.2) is 8.42 Å². The van der Waals surface area contributed by atoms with Gasteiger partial charge in [0.25, 0.3) is 15.7 Å². The van der Waals surface area contributed by atoms with Crippen LogP contribution in [0.2, 0.25) is 5.02 Å². The molecule has 2 aromatic rings. The highest BCUT2D eigenvalue weighted by Crippen LogP contribution is 2.34. The summed E-state index contributed by atoms with van der Waals surface area (Å²) in [7, 11) is -4.50. The van der Waals surface area contributed by atoms with Crippen molar-refractivity contribution in [3.05, 3.63) is 62.7 Å². The van der Waals surface area contributed by atoms with Gasteiger partial charge < -0.3 is 0 Å². The molecular weight excluding hydrogens is 385 g/mol. The molecular formula is C14H10ClF3N2O4S. The number of anilines is 1. The van der Waals surface area contributed by atoms with E-state index >= 15 is 0 Å². The first-order valence-corrected chi connectivity index (χ1v) is 8.43. The molecule has 25 heavy (non-hydrogen) atoms. The largest absolute Gasteiger partial charge is 0.416 e. The summed E-state index contributed by atoms with van der Waals surface area (Å²) in [5, 5.41) is 10.5. The van der Waals surface area contributed by atoms with Crippen LogP contribution >= 0.6 is 11.6 Å². The van der Waals surface area contributed by atoms with Gasteiger partial charge in [-0.2, -0.15) is 13.2 Å². The quantitative estimate of drug-likeness (QED) is 0.615. The van der Waals surface area contributed by atoms with Crippen LogP contribution in [0, 0.1) is 17.0 Å². The number of benzene rings is 2. The van der Waals surface area contributed by atoms with Gasteiger partial charge in [0.2, 0.25) is 0 Å². The molecule has 0 saturated carbocycles. The van der Waals surface area contributed by atoms with Crippen molar-refractivity contribution in [2.75, 3.05) is 4.72 Å². The molecule has 0 saturated heterocycles. The molecule has 0 aliphatic heterocycles. The molecule has 0 fully saturated rings. The van der Waals surface area contributed by atoms with Crippen LogP contribution in [0.5, 0.6) is 0 Å². The highest BCUT2D eigenvalue weighted by Gasteiger charge is 2.33. The number of sulfonamides is 1. The van der Waals surface area contributed by atoms with Crippen molar-refractivity contribution in [1.82, 2.24) is 0 Å². The minimum Gasteiger partial charge on any atom is -0.279 e. The highest BCUT2D eigenvalue weighted by molar-refractivity contribution is 7.92. The van der Waals surface area contributed by atoms with Gasteiger partial charge in [-0.15, -0.1) is 0 Å². The fourth-order valence-corrected chi connectivity index (χ4v) is 3.67. The summed E-state index contributed by atoms with van der Waals surface area (Å²) in [5.41, 5.74) is -1.65. The zero-order chi connectivity index (χ0) is 19.0. The molecule has 1 N–H and O–H groups in total. The van der Waals surface area contributed by atoms with Gasteiger partial charge >= 0.3 is 6.18 Å². The van der Waals surface area contributed by atoms with Gasteiger partial charge in [0.05, 0.1) is 26.8 Å². The number of rotatable bonds is 4. The van der Waals surface area contributed by atoms with E-state index in [0.29, 0.717) is 12.1 Å². The minimum absolute atomic E-state index is 0.0131. The number of nitro groups is 1. The van der Waals surface area contributed by atoms with Gasteiger partial charge in [-0.05, 0) is 31.2 Å². The summed E-state index contributed by atoms with van der Waals surface area (Å²) in [6, 6.07) is 5.54. The maximum absolute atomic E-state index is 12.8. The maximum atomic E-state index is 12.8. The van der Waals surface area contributed by atoms with E-state index in [9.17, 15) is 31.7 Å². The van der Waals surface area contributed by atoms with Crippen LogP contribution in [0.4, 0.5) is 24.5 Å². The third-order valence-corrected chi connectivity index (χ3v) is 5.14. The molecule has 0 aromatic heterocycles. The summed E-state index contributed by atoms with van der Waals surface area (Å²) in [6.45, 7) is 1.31. The van der Waals surface area contributed by atoms with Gasteiger partial charge in [-0.3, -0.25) is 14.8 Å². The summed E-state index contributed by atoms with van der Waals surface area (Å²) in [6.07, 6.45) is -4.75. The van der Waals surface area contributed by atoms with Crippen LogP contribution in [0.15, 0.2) is 41.3 Å². The number of nitrogens with one attached hydrogen (secondary N) is 1. The van der Waals surface area contributed by atoms with Gasteiger partial charge in [0.1, 0.15) is 4.90 Å². The van der Waals surface area contributed by atoms with Crippen LogP contribution in [0.3, 0.4) is 0 Å². The number of nitro benzene ring substituents is 1. The van der Waals surface area contributed by atoms with E-state index in [-0.39, 0.29) is 16.9 Å². The first-order chi connectivity index (χ1) is 11.4. The van der Waals surface area contributed by atoms with Gasteiger partial charge in [-0.1, -0.05) is 17.7 Å². The third kappa shape index (κ3) is 4.02. The zero-order valence-electron chi connectivity index (χ0n) is 12.5. The van der Waals surface area contributed by atoms with Crippen LogP contribution in [0.1, 0.15) is 11.1 Å². The lowest BCUT2D eigenvalue weighted by molar-refractivity contribution is -0.385. The Balaban J connectivity index is 2.51. The Labute approximate surface area is 145 Å². The molecule has 2 aromatic carbocycles. The van der Waals surface area contributed by atoms with E-state index < -0.39 is 36.6 Å². The Hall–Kier alpha value is -2.33. The second-order valence-corrected chi connectivity index (χ2v) is 7.01. The SMILES string of the molecule is Cc1c(NS(=O)(=O)c2cc(C(F)(F)F)ccc2Cl)cccc1[N+](=O)[O-]. The van der Waals surface area contributed by atoms with Crippen LogP contribution in [-0.2, 0) is 16.2 Å². The molecule has 0 bridgehead atoms. The number of hydrogen-bond donors (Lipinski definition) is 1. The number of hydrogen-bond acceptors (Lipinski definition) is 4. The Bertz CT molecular complexity index is 946. The monoisotopic (exact) mass is 394 g/mol. The summed E-state index contributed by atoms with van der Waals surface area (Å²) in [5.74, 6) is 0. The van der Waals surface area contributed by atoms with E-state index in [1.807, 2.05) is 4.72 Å². The average Bonchev–Trinajstić information content (AvgIpc) is 2.48. The smallest absolute Gasteiger partial charge is 0.279 e. The predicted octanol–water partition coefficient (Wildman–Crippen LogP) is 4.38. The van der Waals surface area contributed by atoms with Crippen molar-refractivity contribution in [3.8, 4) is 0 Å². The number of nitrogens with zero attached hydrogens (tertiary/aromatic N) is 1. The molecule has 6 nitrogen and oxygen atoms in total. The molecule has 11 heteroatoms. The summed E-state index contributed by atoms with van der Waals surface area (Å²) >= 11 is 5.72. The minimum atomic E-state index is -4.75. The van der Waals surface area contributed by atoms with Crippen molar-refractivity contribution in [1.29, 1.82) is 0 Å². The highest BCUT2D eigenvalue weighted by atomic mass is 35.5. The standard InChI is InChI=1S/C14H10ClF3N2O4S/c1-8-11(3-2-4-12(8)20(21)22)19-25(23,24)13-7-9(14(16,17)18)5-6-10(13)15/h2-7,19H,1H3. The second kappa shape index (κ2) is 6.52. The Morgan fingerprint density at radius 3 is 2.40 bits per heavy atom. The lowest BCUT2D eigenvalue weighted by Gasteiger charge is -2.13. The van der Waals surface area contributed by atoms with Crippen molar-refractivity contribution in [3.63, 3.8) is 0 Å². The van der Waals surface area contributed by atoms with E-state index in [4.69, 9.17) is 11.6 Å².